The maximum Gasteiger partial charge on any atom is 0.289 e. The van der Waals surface area contributed by atoms with Gasteiger partial charge in [-0.05, 0) is 25.3 Å². The zero-order chi connectivity index (χ0) is 18.0. The van der Waals surface area contributed by atoms with E-state index in [-0.39, 0.29) is 4.90 Å². The molecule has 1 aromatic carbocycles. The van der Waals surface area contributed by atoms with Crippen molar-refractivity contribution >= 4 is 15.7 Å². The van der Waals surface area contributed by atoms with Crippen molar-refractivity contribution in [1.82, 2.24) is 9.46 Å². The van der Waals surface area contributed by atoms with Gasteiger partial charge in [-0.25, -0.2) is 8.42 Å². The van der Waals surface area contributed by atoms with Crippen molar-refractivity contribution in [3.63, 3.8) is 0 Å². The molecule has 1 aliphatic rings. The van der Waals surface area contributed by atoms with E-state index in [1.165, 1.54) is 28.6 Å². The van der Waals surface area contributed by atoms with Gasteiger partial charge in [0.15, 0.2) is 4.90 Å². The standard InChI is InChI=1S/C16H19N3O5S/c1-2-6-12-11-13(17-24-12)14-8-5-10-18(14)25(22,23)16-9-4-3-7-15(16)19(20)21/h3-4,7,9,11,14H,2,5-6,8,10H2,1H3/t14-/m1/s1. The number of hydrogen-bond acceptors (Lipinski definition) is 6. The number of aryl methyl sites for hydroxylation is 1. The highest BCUT2D eigenvalue weighted by Gasteiger charge is 2.40. The lowest BCUT2D eigenvalue weighted by atomic mass is 10.1. The molecule has 1 aromatic heterocycles. The maximum atomic E-state index is 13.0. The van der Waals surface area contributed by atoms with Gasteiger partial charge in [-0.15, -0.1) is 0 Å². The highest BCUT2D eigenvalue weighted by atomic mass is 32.2. The summed E-state index contributed by atoms with van der Waals surface area (Å²) in [6.45, 7) is 2.32. The van der Waals surface area contributed by atoms with E-state index in [1.807, 2.05) is 6.92 Å². The first-order chi connectivity index (χ1) is 11.9. The predicted molar refractivity (Wildman–Crippen MR) is 89.5 cm³/mol. The Morgan fingerprint density at radius 3 is 2.88 bits per heavy atom. The summed E-state index contributed by atoms with van der Waals surface area (Å²) < 4.78 is 32.6. The SMILES string of the molecule is CCCc1cc([C@H]2CCCN2S(=O)(=O)c2ccccc2[N+](=O)[O-])no1. The fourth-order valence-corrected chi connectivity index (χ4v) is 4.95. The lowest BCUT2D eigenvalue weighted by Crippen LogP contribution is -2.31. The lowest BCUT2D eigenvalue weighted by molar-refractivity contribution is -0.387. The zero-order valence-electron chi connectivity index (χ0n) is 13.8. The van der Waals surface area contributed by atoms with E-state index >= 15 is 0 Å². The van der Waals surface area contributed by atoms with Crippen molar-refractivity contribution in [2.24, 2.45) is 0 Å². The van der Waals surface area contributed by atoms with Crippen molar-refractivity contribution in [3.8, 4) is 0 Å². The Balaban J connectivity index is 1.97. The maximum absolute atomic E-state index is 13.0. The molecule has 134 valence electrons. The van der Waals surface area contributed by atoms with Crippen molar-refractivity contribution in [2.75, 3.05) is 6.54 Å². The van der Waals surface area contributed by atoms with Crippen LogP contribution < -0.4 is 0 Å². The van der Waals surface area contributed by atoms with Crippen LogP contribution in [0.25, 0.3) is 0 Å². The first kappa shape index (κ1) is 17.6. The molecular formula is C16H19N3O5S. The van der Waals surface area contributed by atoms with Crippen molar-refractivity contribution in [1.29, 1.82) is 0 Å². The highest BCUT2D eigenvalue weighted by molar-refractivity contribution is 7.89. The Bertz CT molecular complexity index is 877. The molecule has 0 unspecified atom stereocenters. The van der Waals surface area contributed by atoms with Crippen molar-refractivity contribution in [2.45, 2.75) is 43.5 Å². The second-order valence-electron chi connectivity index (χ2n) is 5.97. The molecule has 2 aromatic rings. The van der Waals surface area contributed by atoms with Gasteiger partial charge in [0.2, 0.25) is 0 Å². The van der Waals surface area contributed by atoms with Crippen LogP contribution in [0.3, 0.4) is 0 Å². The van der Waals surface area contributed by atoms with Gasteiger partial charge < -0.3 is 4.52 Å². The highest BCUT2D eigenvalue weighted by Crippen LogP contribution is 2.38. The largest absolute Gasteiger partial charge is 0.361 e. The predicted octanol–water partition coefficient (Wildman–Crippen LogP) is 3.06. The average Bonchev–Trinajstić information content (AvgIpc) is 3.24. The second-order valence-corrected chi connectivity index (χ2v) is 7.83. The summed E-state index contributed by atoms with van der Waals surface area (Å²) in [5, 5.41) is 15.2. The van der Waals surface area contributed by atoms with Crippen molar-refractivity contribution < 1.29 is 17.9 Å². The van der Waals surface area contributed by atoms with Gasteiger partial charge in [0.05, 0.1) is 11.0 Å². The van der Waals surface area contributed by atoms with Gasteiger partial charge in [0.25, 0.3) is 15.7 Å². The van der Waals surface area contributed by atoms with Crippen LogP contribution in [-0.4, -0.2) is 29.3 Å². The number of sulfonamides is 1. The summed E-state index contributed by atoms with van der Waals surface area (Å²) in [7, 11) is -4.00. The van der Waals surface area contributed by atoms with Crippen LogP contribution in [0.4, 0.5) is 5.69 Å². The summed E-state index contributed by atoms with van der Waals surface area (Å²) in [6, 6.07) is 6.73. The minimum Gasteiger partial charge on any atom is -0.361 e. The number of rotatable bonds is 6. The molecule has 1 atom stereocenters. The Labute approximate surface area is 145 Å². The third-order valence-electron chi connectivity index (χ3n) is 4.27. The average molecular weight is 365 g/mol. The molecule has 2 heterocycles. The third-order valence-corrected chi connectivity index (χ3v) is 6.22. The summed E-state index contributed by atoms with van der Waals surface area (Å²) in [4.78, 5) is 10.2. The molecule has 9 heteroatoms. The van der Waals surface area contributed by atoms with Crippen molar-refractivity contribution in [3.05, 3.63) is 51.9 Å². The molecular weight excluding hydrogens is 346 g/mol. The smallest absolute Gasteiger partial charge is 0.289 e. The van der Waals surface area contributed by atoms with E-state index in [1.54, 1.807) is 6.07 Å². The van der Waals surface area contributed by atoms with Gasteiger partial charge in [0.1, 0.15) is 11.5 Å². The first-order valence-electron chi connectivity index (χ1n) is 8.16. The third kappa shape index (κ3) is 3.29. The first-order valence-corrected chi connectivity index (χ1v) is 9.60. The van der Waals surface area contributed by atoms with Crippen LogP contribution >= 0.6 is 0 Å². The molecule has 25 heavy (non-hydrogen) atoms. The number of nitro groups is 1. The van der Waals surface area contributed by atoms with Gasteiger partial charge in [0, 0.05) is 25.1 Å². The fourth-order valence-electron chi connectivity index (χ4n) is 3.13. The Morgan fingerprint density at radius 1 is 1.40 bits per heavy atom. The fraction of sp³-hybridized carbons (Fsp3) is 0.438. The molecule has 1 fully saturated rings. The number of para-hydroxylation sites is 1. The van der Waals surface area contributed by atoms with E-state index in [0.717, 1.165) is 12.8 Å². The summed E-state index contributed by atoms with van der Waals surface area (Å²) in [5.41, 5.74) is 0.142. The number of aromatic nitrogens is 1. The van der Waals surface area contributed by atoms with Crippen LogP contribution in [0.1, 0.15) is 43.7 Å². The van der Waals surface area contributed by atoms with E-state index in [2.05, 4.69) is 5.16 Å². The molecule has 0 N–H and O–H groups in total. The van der Waals surface area contributed by atoms with Crippen LogP contribution in [-0.2, 0) is 16.4 Å². The van der Waals surface area contributed by atoms with E-state index in [9.17, 15) is 18.5 Å². The lowest BCUT2D eigenvalue weighted by Gasteiger charge is -2.22. The molecule has 0 radical (unpaired) electrons. The Kier molecular flexibility index (Phi) is 4.87. The summed E-state index contributed by atoms with van der Waals surface area (Å²) in [5.74, 6) is 0.715. The van der Waals surface area contributed by atoms with Crippen LogP contribution in [0.2, 0.25) is 0 Å². The summed E-state index contributed by atoms with van der Waals surface area (Å²) in [6.07, 6.45) is 2.91. The minimum atomic E-state index is -4.00. The quantitative estimate of drug-likeness (QED) is 0.575. The molecule has 1 aliphatic heterocycles. The number of nitro benzene ring substituents is 1. The molecule has 1 saturated heterocycles. The molecule has 0 amide bonds. The number of benzene rings is 1. The Hall–Kier alpha value is -2.26. The molecule has 0 saturated carbocycles. The van der Waals surface area contributed by atoms with E-state index in [4.69, 9.17) is 4.52 Å². The molecule has 0 bridgehead atoms. The second kappa shape index (κ2) is 6.93. The molecule has 0 spiro atoms. The summed E-state index contributed by atoms with van der Waals surface area (Å²) >= 11 is 0. The number of hydrogen-bond donors (Lipinski definition) is 0. The van der Waals surface area contributed by atoms with Crippen LogP contribution in [0, 0.1) is 10.1 Å². The minimum absolute atomic E-state index is 0.288. The normalized spacial score (nSPS) is 18.5. The van der Waals surface area contributed by atoms with Gasteiger partial charge in [-0.3, -0.25) is 10.1 Å². The molecule has 0 aliphatic carbocycles. The van der Waals surface area contributed by atoms with Crippen LogP contribution in [0.5, 0.6) is 0 Å². The van der Waals surface area contributed by atoms with Gasteiger partial charge in [-0.2, -0.15) is 4.31 Å². The Morgan fingerprint density at radius 2 is 2.16 bits per heavy atom. The monoisotopic (exact) mass is 365 g/mol. The topological polar surface area (TPSA) is 107 Å². The van der Waals surface area contributed by atoms with Crippen LogP contribution in [0.15, 0.2) is 39.8 Å². The van der Waals surface area contributed by atoms with E-state index in [0.29, 0.717) is 30.8 Å². The molecule has 8 nitrogen and oxygen atoms in total. The van der Waals surface area contributed by atoms with Gasteiger partial charge in [-0.1, -0.05) is 24.2 Å². The zero-order valence-corrected chi connectivity index (χ0v) is 14.6. The van der Waals surface area contributed by atoms with E-state index < -0.39 is 26.7 Å². The van der Waals surface area contributed by atoms with Gasteiger partial charge >= 0.3 is 0 Å². The number of nitrogens with zero attached hydrogens (tertiary/aromatic N) is 3. The molecule has 3 rings (SSSR count).